The minimum atomic E-state index is -0.304. The molecule has 0 saturated heterocycles. The van der Waals surface area contributed by atoms with Gasteiger partial charge in [0.15, 0.2) is 0 Å². The Morgan fingerprint density at radius 3 is 2.52 bits per heavy atom. The Bertz CT molecular complexity index is 519. The van der Waals surface area contributed by atoms with Crippen molar-refractivity contribution in [1.29, 1.82) is 0 Å². The van der Waals surface area contributed by atoms with Crippen LogP contribution < -0.4 is 0 Å². The molecule has 2 fully saturated rings. The van der Waals surface area contributed by atoms with Crippen LogP contribution in [-0.2, 0) is 14.4 Å². The van der Waals surface area contributed by atoms with Crippen LogP contribution in [0.3, 0.4) is 0 Å². The molecule has 3 heteroatoms. The maximum Gasteiger partial charge on any atom is 0.145 e. The molecule has 23 heavy (non-hydrogen) atoms. The molecule has 4 atom stereocenters. The average molecular weight is 318 g/mol. The fourth-order valence-electron chi connectivity index (χ4n) is 5.07. The number of hydrogen-bond acceptors (Lipinski definition) is 3. The van der Waals surface area contributed by atoms with Gasteiger partial charge in [0.2, 0.25) is 0 Å². The fourth-order valence-corrected chi connectivity index (χ4v) is 5.07. The molecular formula is C20H30O3. The van der Waals surface area contributed by atoms with Gasteiger partial charge in [-0.05, 0) is 48.5 Å². The Morgan fingerprint density at radius 1 is 1.26 bits per heavy atom. The Balaban J connectivity index is 2.32. The van der Waals surface area contributed by atoms with Crippen molar-refractivity contribution in [3.8, 4) is 0 Å². The molecule has 0 aromatic carbocycles. The maximum atomic E-state index is 12.6. The van der Waals surface area contributed by atoms with Crippen LogP contribution in [-0.4, -0.2) is 18.4 Å². The summed E-state index contributed by atoms with van der Waals surface area (Å²) in [5.41, 5.74) is 0.351. The zero-order valence-corrected chi connectivity index (χ0v) is 14.9. The third-order valence-corrected chi connectivity index (χ3v) is 6.55. The lowest BCUT2D eigenvalue weighted by Gasteiger charge is -2.55. The van der Waals surface area contributed by atoms with Gasteiger partial charge in [-0.2, -0.15) is 0 Å². The van der Waals surface area contributed by atoms with Gasteiger partial charge in [-0.1, -0.05) is 40.2 Å². The van der Waals surface area contributed by atoms with E-state index in [1.54, 1.807) is 0 Å². The van der Waals surface area contributed by atoms with Crippen molar-refractivity contribution in [3.63, 3.8) is 0 Å². The number of ketones is 1. The van der Waals surface area contributed by atoms with Crippen molar-refractivity contribution in [1.82, 2.24) is 0 Å². The summed E-state index contributed by atoms with van der Waals surface area (Å²) in [6, 6.07) is 0. The molecule has 0 N–H and O–H groups in total. The molecule has 2 aliphatic carbocycles. The lowest BCUT2D eigenvalue weighted by molar-refractivity contribution is -0.148. The van der Waals surface area contributed by atoms with Crippen LogP contribution in [0, 0.1) is 28.6 Å². The molecule has 0 aromatic heterocycles. The second kappa shape index (κ2) is 6.70. The standard InChI is InChI=1S/C20H30O3/c1-14(2)15(12-21)6-7-16-17(23)8-9-18-19(3,13-22)10-5-11-20(16,18)4/h6,12-14,16,18H,5,7-11H2,1-4H3/b15-6-/t16-,18+,19+,20+/m0/s1. The number of aldehydes is 2. The molecule has 0 amide bonds. The number of hydrogen-bond donors (Lipinski definition) is 0. The monoisotopic (exact) mass is 318 g/mol. The van der Waals surface area contributed by atoms with E-state index in [0.717, 1.165) is 43.8 Å². The van der Waals surface area contributed by atoms with Crippen LogP contribution in [0.2, 0.25) is 0 Å². The van der Waals surface area contributed by atoms with Gasteiger partial charge in [-0.15, -0.1) is 0 Å². The van der Waals surface area contributed by atoms with E-state index >= 15 is 0 Å². The Kier molecular flexibility index (Phi) is 5.27. The third kappa shape index (κ3) is 3.20. The third-order valence-electron chi connectivity index (χ3n) is 6.55. The predicted octanol–water partition coefficient (Wildman–Crippen LogP) is 4.15. The summed E-state index contributed by atoms with van der Waals surface area (Å²) in [7, 11) is 0. The number of fused-ring (bicyclic) bond motifs is 1. The first-order valence-corrected chi connectivity index (χ1v) is 8.93. The summed E-state index contributed by atoms with van der Waals surface area (Å²) in [5.74, 6) is 0.705. The van der Waals surface area contributed by atoms with Crippen LogP contribution in [0.4, 0.5) is 0 Å². The number of carbonyl (C=O) groups excluding carboxylic acids is 3. The summed E-state index contributed by atoms with van der Waals surface area (Å²) in [6.45, 7) is 8.26. The van der Waals surface area contributed by atoms with Crippen LogP contribution in [0.5, 0.6) is 0 Å². The van der Waals surface area contributed by atoms with E-state index in [1.807, 2.05) is 19.9 Å². The van der Waals surface area contributed by atoms with Crippen molar-refractivity contribution >= 4 is 18.4 Å². The quantitative estimate of drug-likeness (QED) is 0.565. The van der Waals surface area contributed by atoms with Crippen molar-refractivity contribution in [3.05, 3.63) is 11.6 Å². The van der Waals surface area contributed by atoms with E-state index in [1.165, 1.54) is 0 Å². The molecule has 2 saturated carbocycles. The molecule has 2 rings (SSSR count). The SMILES string of the molecule is CC(C)/C(C=O)=C\C[C@H]1C(=O)CC[C@H]2[C@]1(C)CCC[C@]2(C)C=O. The van der Waals surface area contributed by atoms with Gasteiger partial charge in [0.1, 0.15) is 18.4 Å². The zero-order chi connectivity index (χ0) is 17.3. The molecule has 0 heterocycles. The van der Waals surface area contributed by atoms with Crippen LogP contribution in [0.25, 0.3) is 0 Å². The van der Waals surface area contributed by atoms with Crippen LogP contribution in [0.15, 0.2) is 11.6 Å². The van der Waals surface area contributed by atoms with Crippen molar-refractivity contribution in [2.45, 2.75) is 66.2 Å². The smallest absolute Gasteiger partial charge is 0.145 e. The first-order valence-electron chi connectivity index (χ1n) is 8.93. The van der Waals surface area contributed by atoms with E-state index in [4.69, 9.17) is 0 Å². The lowest BCUT2D eigenvalue weighted by Crippen LogP contribution is -2.53. The molecule has 3 nitrogen and oxygen atoms in total. The highest BCUT2D eigenvalue weighted by molar-refractivity contribution is 5.83. The van der Waals surface area contributed by atoms with Gasteiger partial charge in [0.25, 0.3) is 0 Å². The molecule has 0 aromatic rings. The molecule has 128 valence electrons. The number of carbonyl (C=O) groups is 3. The highest BCUT2D eigenvalue weighted by Gasteiger charge is 2.55. The molecule has 0 bridgehead atoms. The highest BCUT2D eigenvalue weighted by atomic mass is 16.1. The zero-order valence-electron chi connectivity index (χ0n) is 14.9. The second-order valence-electron chi connectivity index (χ2n) is 8.31. The molecule has 0 spiro atoms. The minimum absolute atomic E-state index is 0.0606. The largest absolute Gasteiger partial charge is 0.303 e. The van der Waals surface area contributed by atoms with Crippen molar-refractivity contribution in [2.24, 2.45) is 28.6 Å². The minimum Gasteiger partial charge on any atom is -0.303 e. The van der Waals surface area contributed by atoms with E-state index in [2.05, 4.69) is 13.8 Å². The van der Waals surface area contributed by atoms with E-state index in [-0.39, 0.29) is 28.6 Å². The Morgan fingerprint density at radius 2 is 1.96 bits per heavy atom. The van der Waals surface area contributed by atoms with E-state index in [0.29, 0.717) is 18.6 Å². The van der Waals surface area contributed by atoms with Crippen LogP contribution in [0.1, 0.15) is 66.2 Å². The number of rotatable bonds is 5. The predicted molar refractivity (Wildman–Crippen MR) is 91.0 cm³/mol. The first kappa shape index (κ1) is 18.1. The maximum absolute atomic E-state index is 12.6. The Labute approximate surface area is 139 Å². The van der Waals surface area contributed by atoms with Crippen LogP contribution >= 0.6 is 0 Å². The van der Waals surface area contributed by atoms with Gasteiger partial charge in [-0.3, -0.25) is 9.59 Å². The molecule has 0 radical (unpaired) electrons. The van der Waals surface area contributed by atoms with Gasteiger partial charge in [0, 0.05) is 17.8 Å². The highest BCUT2D eigenvalue weighted by Crippen LogP contribution is 2.59. The summed E-state index contributed by atoms with van der Waals surface area (Å²) in [6.07, 6.45) is 8.96. The summed E-state index contributed by atoms with van der Waals surface area (Å²) < 4.78 is 0. The fraction of sp³-hybridized carbons (Fsp3) is 0.750. The first-order chi connectivity index (χ1) is 10.8. The van der Waals surface area contributed by atoms with Gasteiger partial charge in [-0.25, -0.2) is 0 Å². The molecule has 0 unspecified atom stereocenters. The summed E-state index contributed by atoms with van der Waals surface area (Å²) in [5, 5.41) is 0. The Hall–Kier alpha value is -1.25. The lowest BCUT2D eigenvalue weighted by atomic mass is 9.47. The normalized spacial score (nSPS) is 38.3. The van der Waals surface area contributed by atoms with E-state index in [9.17, 15) is 14.4 Å². The number of allylic oxidation sites excluding steroid dienone is 2. The summed E-state index contributed by atoms with van der Waals surface area (Å²) >= 11 is 0. The molecule has 2 aliphatic rings. The average Bonchev–Trinajstić information content (AvgIpc) is 2.49. The molecular weight excluding hydrogens is 288 g/mol. The number of Topliss-reactive ketones (excluding diaryl/α,β-unsaturated/α-hetero) is 1. The second-order valence-corrected chi connectivity index (χ2v) is 8.31. The van der Waals surface area contributed by atoms with Gasteiger partial charge >= 0.3 is 0 Å². The molecule has 0 aliphatic heterocycles. The van der Waals surface area contributed by atoms with Gasteiger partial charge < -0.3 is 4.79 Å². The van der Waals surface area contributed by atoms with Crippen molar-refractivity contribution in [2.75, 3.05) is 0 Å². The van der Waals surface area contributed by atoms with Crippen molar-refractivity contribution < 1.29 is 14.4 Å². The van der Waals surface area contributed by atoms with E-state index < -0.39 is 0 Å². The topological polar surface area (TPSA) is 51.2 Å². The summed E-state index contributed by atoms with van der Waals surface area (Å²) in [4.78, 5) is 35.6. The van der Waals surface area contributed by atoms with Gasteiger partial charge in [0.05, 0.1) is 0 Å².